The number of furan rings is 1. The van der Waals surface area contributed by atoms with Gasteiger partial charge in [0.05, 0.1) is 0 Å². The van der Waals surface area contributed by atoms with E-state index in [0.29, 0.717) is 17.5 Å². The first-order chi connectivity index (χ1) is 28.3. The predicted molar refractivity (Wildman–Crippen MR) is 235 cm³/mol. The molecule has 0 radical (unpaired) electrons. The Bertz CT molecular complexity index is 3200. The zero-order valence-corrected chi connectivity index (χ0v) is 31.0. The van der Waals surface area contributed by atoms with Crippen LogP contribution in [0, 0.1) is 0 Å². The van der Waals surface area contributed by atoms with Crippen molar-refractivity contribution in [2.24, 2.45) is 0 Å². The van der Waals surface area contributed by atoms with Gasteiger partial charge in [-0.3, -0.25) is 0 Å². The van der Waals surface area contributed by atoms with Crippen molar-refractivity contribution in [1.29, 1.82) is 0 Å². The Labute approximate surface area is 330 Å². The summed E-state index contributed by atoms with van der Waals surface area (Å²) in [5.41, 5.74) is 10.6. The van der Waals surface area contributed by atoms with Gasteiger partial charge in [-0.25, -0.2) is 15.0 Å². The number of hydrogen-bond acceptors (Lipinski definition) is 4. The molecule has 8 aromatic carbocycles. The molecule has 0 saturated heterocycles. The highest BCUT2D eigenvalue weighted by Crippen LogP contribution is 2.48. The molecular formula is C53H35N3O. The molecule has 0 aliphatic heterocycles. The first kappa shape index (κ1) is 33.0. The summed E-state index contributed by atoms with van der Waals surface area (Å²) in [6.45, 7) is 0. The van der Waals surface area contributed by atoms with Crippen molar-refractivity contribution in [2.45, 2.75) is 12.3 Å². The molecule has 1 aliphatic carbocycles. The largest absolute Gasteiger partial charge is 0.456 e. The summed E-state index contributed by atoms with van der Waals surface area (Å²) in [5.74, 6) is 1.90. The molecule has 10 aromatic rings. The van der Waals surface area contributed by atoms with E-state index in [1.54, 1.807) is 0 Å². The van der Waals surface area contributed by atoms with Crippen LogP contribution in [0.4, 0.5) is 0 Å². The Hall–Kier alpha value is -7.43. The van der Waals surface area contributed by atoms with Crippen molar-refractivity contribution in [3.63, 3.8) is 0 Å². The molecule has 4 nitrogen and oxygen atoms in total. The maximum absolute atomic E-state index is 6.94. The molecule has 0 saturated carbocycles. The van der Waals surface area contributed by atoms with E-state index < -0.39 is 0 Å². The predicted octanol–water partition coefficient (Wildman–Crippen LogP) is 13.7. The fourth-order valence-electron chi connectivity index (χ4n) is 8.66. The topological polar surface area (TPSA) is 51.8 Å². The van der Waals surface area contributed by atoms with Crippen LogP contribution in [0.2, 0.25) is 0 Å². The van der Waals surface area contributed by atoms with Crippen molar-refractivity contribution in [2.75, 3.05) is 0 Å². The van der Waals surface area contributed by atoms with Gasteiger partial charge in [0.25, 0.3) is 0 Å². The first-order valence-electron chi connectivity index (χ1n) is 19.5. The highest BCUT2D eigenvalue weighted by Gasteiger charge is 2.29. The van der Waals surface area contributed by atoms with E-state index in [4.69, 9.17) is 19.4 Å². The molecule has 0 N–H and O–H groups in total. The number of allylic oxidation sites excluding steroid dienone is 4. The second kappa shape index (κ2) is 13.7. The highest BCUT2D eigenvalue weighted by molar-refractivity contribution is 6.15. The fourth-order valence-corrected chi connectivity index (χ4v) is 8.66. The molecule has 0 bridgehead atoms. The monoisotopic (exact) mass is 729 g/mol. The molecule has 0 fully saturated rings. The van der Waals surface area contributed by atoms with Crippen molar-refractivity contribution in [3.05, 3.63) is 211 Å². The van der Waals surface area contributed by atoms with Crippen LogP contribution in [0.15, 0.2) is 199 Å². The lowest BCUT2D eigenvalue weighted by atomic mass is 9.77. The minimum absolute atomic E-state index is 0.0440. The first-order valence-corrected chi connectivity index (χ1v) is 19.5. The highest BCUT2D eigenvalue weighted by atomic mass is 16.3. The second-order valence-corrected chi connectivity index (χ2v) is 14.7. The van der Waals surface area contributed by atoms with E-state index >= 15 is 0 Å². The number of fused-ring (bicyclic) bond motifs is 6. The molecule has 57 heavy (non-hydrogen) atoms. The van der Waals surface area contributed by atoms with Crippen LogP contribution >= 0.6 is 0 Å². The zero-order chi connectivity index (χ0) is 37.7. The Morgan fingerprint density at radius 1 is 0.439 bits per heavy atom. The summed E-state index contributed by atoms with van der Waals surface area (Å²) in [4.78, 5) is 15.8. The average Bonchev–Trinajstić information content (AvgIpc) is 3.69. The number of hydrogen-bond donors (Lipinski definition) is 0. The lowest BCUT2D eigenvalue weighted by Crippen LogP contribution is -2.08. The normalized spacial score (nSPS) is 14.3. The molecule has 1 atom stereocenters. The summed E-state index contributed by atoms with van der Waals surface area (Å²) in [5, 5.41) is 6.64. The van der Waals surface area contributed by atoms with E-state index in [9.17, 15) is 0 Å². The summed E-state index contributed by atoms with van der Waals surface area (Å²) >= 11 is 0. The van der Waals surface area contributed by atoms with Crippen LogP contribution < -0.4 is 0 Å². The quantitative estimate of drug-likeness (QED) is 0.160. The second-order valence-electron chi connectivity index (χ2n) is 14.7. The van der Waals surface area contributed by atoms with E-state index in [1.807, 2.05) is 24.3 Å². The van der Waals surface area contributed by atoms with Gasteiger partial charge in [0.15, 0.2) is 17.5 Å². The SMILES string of the molecule is C1=C(c2ccccc2)CC(c2ccc(-c3nc(-c4ccccc4)nc(-c4cc5ccccc5c5ccccc45)n3)c3c2oc2ccccc23)C(c2ccccc2)=C1. The van der Waals surface area contributed by atoms with Gasteiger partial charge in [-0.15, -0.1) is 0 Å². The van der Waals surface area contributed by atoms with E-state index in [2.05, 4.69) is 170 Å². The molecule has 1 aliphatic rings. The molecule has 2 heterocycles. The van der Waals surface area contributed by atoms with Crippen LogP contribution in [0.5, 0.6) is 0 Å². The third-order valence-electron chi connectivity index (χ3n) is 11.4. The van der Waals surface area contributed by atoms with Crippen LogP contribution in [-0.4, -0.2) is 15.0 Å². The van der Waals surface area contributed by atoms with E-state index in [1.165, 1.54) is 33.0 Å². The van der Waals surface area contributed by atoms with Gasteiger partial charge in [-0.2, -0.15) is 0 Å². The lowest BCUT2D eigenvalue weighted by molar-refractivity contribution is 0.659. The molecule has 2 aromatic heterocycles. The zero-order valence-electron chi connectivity index (χ0n) is 31.0. The van der Waals surface area contributed by atoms with Crippen LogP contribution in [-0.2, 0) is 0 Å². The van der Waals surface area contributed by atoms with Gasteiger partial charge in [-0.05, 0) is 68.4 Å². The minimum Gasteiger partial charge on any atom is -0.456 e. The molecule has 0 amide bonds. The van der Waals surface area contributed by atoms with Crippen molar-refractivity contribution < 1.29 is 4.42 Å². The van der Waals surface area contributed by atoms with Gasteiger partial charge < -0.3 is 4.42 Å². The molecule has 0 spiro atoms. The summed E-state index contributed by atoms with van der Waals surface area (Å²) in [7, 11) is 0. The van der Waals surface area contributed by atoms with Gasteiger partial charge in [0, 0.05) is 38.9 Å². The Balaban J connectivity index is 1.16. The summed E-state index contributed by atoms with van der Waals surface area (Å²) in [6.07, 6.45) is 5.41. The van der Waals surface area contributed by atoms with Crippen LogP contribution in [0.1, 0.15) is 29.0 Å². The number of rotatable bonds is 6. The number of nitrogens with zero attached hydrogens (tertiary/aromatic N) is 3. The molecular weight excluding hydrogens is 695 g/mol. The lowest BCUT2D eigenvalue weighted by Gasteiger charge is -2.27. The van der Waals surface area contributed by atoms with Crippen LogP contribution in [0.3, 0.4) is 0 Å². The van der Waals surface area contributed by atoms with Gasteiger partial charge >= 0.3 is 0 Å². The third-order valence-corrected chi connectivity index (χ3v) is 11.4. The van der Waals surface area contributed by atoms with E-state index in [-0.39, 0.29) is 5.92 Å². The summed E-state index contributed by atoms with van der Waals surface area (Å²) in [6, 6.07) is 63.7. The standard InChI is InChI=1S/C53H35N3O/c1-4-16-34(17-5-1)37-28-29-40(35-18-6-2-7-19-35)46(32-37)43-30-31-45(49-44-26-14-15-27-48(44)57-50(43)49)52-54-51(36-20-8-3-9-21-36)55-53(56-52)47-33-38-22-10-11-23-39(38)41-24-12-13-25-42(41)47/h1-31,33,46H,32H2. The molecule has 4 heteroatoms. The molecule has 1 unspecified atom stereocenters. The average molecular weight is 730 g/mol. The van der Waals surface area contributed by atoms with Gasteiger partial charge in [-0.1, -0.05) is 176 Å². The maximum Gasteiger partial charge on any atom is 0.164 e. The van der Waals surface area contributed by atoms with Crippen molar-refractivity contribution >= 4 is 54.6 Å². The molecule has 268 valence electrons. The van der Waals surface area contributed by atoms with Crippen molar-refractivity contribution in [1.82, 2.24) is 15.0 Å². The smallest absolute Gasteiger partial charge is 0.164 e. The Morgan fingerprint density at radius 3 is 1.77 bits per heavy atom. The number of benzene rings is 8. The summed E-state index contributed by atoms with van der Waals surface area (Å²) < 4.78 is 6.94. The fraction of sp³-hybridized carbons (Fsp3) is 0.0377. The van der Waals surface area contributed by atoms with E-state index in [0.717, 1.165) is 61.4 Å². The van der Waals surface area contributed by atoms with Crippen molar-refractivity contribution in [3.8, 4) is 34.2 Å². The Morgan fingerprint density at radius 2 is 1.02 bits per heavy atom. The molecule has 11 rings (SSSR count). The number of para-hydroxylation sites is 1. The third kappa shape index (κ3) is 5.73. The number of aromatic nitrogens is 3. The van der Waals surface area contributed by atoms with Gasteiger partial charge in [0.1, 0.15) is 11.2 Å². The van der Waals surface area contributed by atoms with Crippen LogP contribution in [0.25, 0.3) is 88.8 Å². The maximum atomic E-state index is 6.94. The minimum atomic E-state index is 0.0440. The van der Waals surface area contributed by atoms with Gasteiger partial charge in [0.2, 0.25) is 0 Å². The Kier molecular flexibility index (Phi) is 7.92.